The fraction of sp³-hybridized carbons (Fsp3) is 0.742. The second-order valence-corrected chi connectivity index (χ2v) is 12.9. The first-order chi connectivity index (χ1) is 19.4. The number of urea groups is 1. The summed E-state index contributed by atoms with van der Waals surface area (Å²) in [5.74, 6) is 2.38. The van der Waals surface area contributed by atoms with Crippen molar-refractivity contribution in [2.45, 2.75) is 69.9 Å². The summed E-state index contributed by atoms with van der Waals surface area (Å²) in [4.78, 5) is 27.0. The van der Waals surface area contributed by atoms with Gasteiger partial charge >= 0.3 is 12.1 Å². The lowest BCUT2D eigenvalue weighted by Crippen LogP contribution is -2.54. The van der Waals surface area contributed by atoms with Gasteiger partial charge in [0.25, 0.3) is 0 Å². The number of methoxy groups -OCH3 is 1. The molecule has 0 aromatic heterocycles. The average Bonchev–Trinajstić information content (AvgIpc) is 2.92. The summed E-state index contributed by atoms with van der Waals surface area (Å²) >= 11 is 0. The summed E-state index contributed by atoms with van der Waals surface area (Å²) in [5, 5.41) is 9.36. The van der Waals surface area contributed by atoms with Crippen LogP contribution in [0.15, 0.2) is 24.3 Å². The maximum absolute atomic E-state index is 14.2. The molecule has 1 aromatic rings. The number of likely N-dealkylation sites (N-methyl/N-ethyl adjacent to an activating group) is 1. The van der Waals surface area contributed by atoms with Gasteiger partial charge in [0.1, 0.15) is 5.82 Å². The van der Waals surface area contributed by atoms with Gasteiger partial charge in [-0.3, -0.25) is 0 Å². The van der Waals surface area contributed by atoms with Crippen molar-refractivity contribution in [3.8, 4) is 0 Å². The molecular formula is C31H47FN4O4. The Morgan fingerprint density at radius 2 is 1.88 bits per heavy atom. The maximum Gasteiger partial charge on any atom is 0.406 e. The van der Waals surface area contributed by atoms with Crippen LogP contribution in [0.25, 0.3) is 0 Å². The zero-order valence-corrected chi connectivity index (χ0v) is 24.1. The minimum absolute atomic E-state index is 0.0139. The molecule has 1 unspecified atom stereocenters. The van der Waals surface area contributed by atoms with E-state index in [2.05, 4.69) is 20.7 Å². The molecule has 222 valence electrons. The highest BCUT2D eigenvalue weighted by Crippen LogP contribution is 2.61. The first-order valence-corrected chi connectivity index (χ1v) is 15.3. The zero-order valence-electron chi connectivity index (χ0n) is 24.1. The van der Waals surface area contributed by atoms with Crippen LogP contribution in [0.2, 0.25) is 0 Å². The molecule has 6 rings (SSSR count). The summed E-state index contributed by atoms with van der Waals surface area (Å²) in [6.07, 6.45) is 10.2. The van der Waals surface area contributed by atoms with Crippen molar-refractivity contribution in [2.24, 2.45) is 29.1 Å². The SMILES string of the molecule is CNC[C@H](CC12CC3CC(CC(C3)C1)C2)NC(=O)N1CCC[C@@H](C(OCCNC(=O)OC)c2cccc(F)c2)C1. The van der Waals surface area contributed by atoms with E-state index in [0.717, 1.165) is 49.1 Å². The lowest BCUT2D eigenvalue weighted by Gasteiger charge is -2.57. The van der Waals surface area contributed by atoms with Gasteiger partial charge in [0.05, 0.1) is 19.8 Å². The largest absolute Gasteiger partial charge is 0.453 e. The number of nitrogens with one attached hydrogen (secondary N) is 3. The van der Waals surface area contributed by atoms with Crippen LogP contribution in [0.5, 0.6) is 0 Å². The molecule has 1 aliphatic heterocycles. The summed E-state index contributed by atoms with van der Waals surface area (Å²) in [6.45, 7) is 2.56. The molecule has 1 saturated heterocycles. The Morgan fingerprint density at radius 1 is 1.15 bits per heavy atom. The minimum Gasteiger partial charge on any atom is -0.453 e. The number of rotatable bonds is 11. The Kier molecular flexibility index (Phi) is 9.51. The van der Waals surface area contributed by atoms with Crippen LogP contribution < -0.4 is 16.0 Å². The molecule has 3 amide bonds. The van der Waals surface area contributed by atoms with Crippen LogP contribution >= 0.6 is 0 Å². The first kappa shape index (κ1) is 29.1. The van der Waals surface area contributed by atoms with Crippen molar-refractivity contribution >= 4 is 12.1 Å². The van der Waals surface area contributed by atoms with Crippen LogP contribution in [0.4, 0.5) is 14.0 Å². The quantitative estimate of drug-likeness (QED) is 0.338. The van der Waals surface area contributed by atoms with Gasteiger partial charge in [-0.2, -0.15) is 0 Å². The van der Waals surface area contributed by atoms with Crippen molar-refractivity contribution in [3.63, 3.8) is 0 Å². The molecule has 4 bridgehead atoms. The van der Waals surface area contributed by atoms with Crippen molar-refractivity contribution in [3.05, 3.63) is 35.6 Å². The number of carbonyl (C=O) groups excluding carboxylic acids is 2. The monoisotopic (exact) mass is 558 g/mol. The number of piperidine rings is 1. The van der Waals surface area contributed by atoms with Gasteiger partial charge in [-0.15, -0.1) is 0 Å². The molecule has 3 N–H and O–H groups in total. The first-order valence-electron chi connectivity index (χ1n) is 15.3. The highest BCUT2D eigenvalue weighted by molar-refractivity contribution is 5.74. The minimum atomic E-state index is -0.518. The lowest BCUT2D eigenvalue weighted by molar-refractivity contribution is -0.0615. The lowest BCUT2D eigenvalue weighted by atomic mass is 9.48. The Bertz CT molecular complexity index is 988. The molecule has 3 atom stereocenters. The number of amides is 3. The highest BCUT2D eigenvalue weighted by Gasteiger charge is 2.51. The number of nitrogens with zero attached hydrogens (tertiary/aromatic N) is 1. The van der Waals surface area contributed by atoms with Crippen LogP contribution in [0, 0.1) is 34.9 Å². The smallest absolute Gasteiger partial charge is 0.406 e. The summed E-state index contributed by atoms with van der Waals surface area (Å²) in [5.41, 5.74) is 1.14. The van der Waals surface area contributed by atoms with Crippen molar-refractivity contribution in [2.75, 3.05) is 46.9 Å². The molecule has 8 nitrogen and oxygen atoms in total. The molecule has 0 spiro atoms. The van der Waals surface area contributed by atoms with E-state index >= 15 is 0 Å². The molecule has 9 heteroatoms. The van der Waals surface area contributed by atoms with Gasteiger partial charge in [0.2, 0.25) is 0 Å². The van der Waals surface area contributed by atoms with Crippen molar-refractivity contribution in [1.29, 1.82) is 0 Å². The Labute approximate surface area is 238 Å². The number of alkyl carbamates (subject to hydrolysis) is 1. The van der Waals surface area contributed by atoms with Gasteiger partial charge in [0, 0.05) is 38.1 Å². The third-order valence-corrected chi connectivity index (χ3v) is 9.83. The van der Waals surface area contributed by atoms with Crippen molar-refractivity contribution < 1.29 is 23.5 Å². The molecule has 1 heterocycles. The second kappa shape index (κ2) is 13.1. The number of likely N-dealkylation sites (tertiary alicyclic amines) is 1. The summed E-state index contributed by atoms with van der Waals surface area (Å²) in [7, 11) is 3.28. The van der Waals surface area contributed by atoms with E-state index in [4.69, 9.17) is 4.74 Å². The van der Waals surface area contributed by atoms with Gasteiger partial charge < -0.3 is 30.3 Å². The molecule has 0 radical (unpaired) electrons. The Hall–Kier alpha value is -2.39. The summed E-state index contributed by atoms with van der Waals surface area (Å²) < 4.78 is 25.0. The van der Waals surface area contributed by atoms with E-state index in [1.54, 1.807) is 6.07 Å². The van der Waals surface area contributed by atoms with E-state index in [1.807, 2.05) is 18.0 Å². The molecule has 4 saturated carbocycles. The topological polar surface area (TPSA) is 91.9 Å². The molecule has 4 aliphatic carbocycles. The summed E-state index contributed by atoms with van der Waals surface area (Å²) in [6, 6.07) is 6.58. The number of carbonyl (C=O) groups is 2. The maximum atomic E-state index is 14.2. The fourth-order valence-corrected chi connectivity index (χ4v) is 8.79. The fourth-order valence-electron chi connectivity index (χ4n) is 8.79. The van der Waals surface area contributed by atoms with Gasteiger partial charge in [-0.1, -0.05) is 12.1 Å². The second-order valence-electron chi connectivity index (χ2n) is 12.9. The van der Waals surface area contributed by atoms with Crippen molar-refractivity contribution in [1.82, 2.24) is 20.9 Å². The van der Waals surface area contributed by atoms with Crippen LogP contribution in [0.3, 0.4) is 0 Å². The molecule has 1 aromatic carbocycles. The predicted molar refractivity (Wildman–Crippen MR) is 151 cm³/mol. The number of ether oxygens (including phenoxy) is 2. The predicted octanol–water partition coefficient (Wildman–Crippen LogP) is 4.86. The molecule has 5 fully saturated rings. The van der Waals surface area contributed by atoms with Crippen LogP contribution in [-0.4, -0.2) is 70.0 Å². The van der Waals surface area contributed by atoms with Gasteiger partial charge in [-0.05, 0) is 106 Å². The molecular weight excluding hydrogens is 511 g/mol. The highest BCUT2D eigenvalue weighted by atomic mass is 19.1. The molecule has 40 heavy (non-hydrogen) atoms. The number of halogens is 1. The number of hydrogen-bond donors (Lipinski definition) is 3. The van der Waals surface area contributed by atoms with E-state index in [1.165, 1.54) is 57.8 Å². The molecule has 5 aliphatic rings. The van der Waals surface area contributed by atoms with Gasteiger partial charge in [-0.25, -0.2) is 14.0 Å². The number of benzene rings is 1. The zero-order chi connectivity index (χ0) is 28.1. The number of hydrogen-bond acceptors (Lipinski definition) is 5. The normalized spacial score (nSPS) is 30.5. The average molecular weight is 559 g/mol. The third-order valence-electron chi connectivity index (χ3n) is 9.83. The van der Waals surface area contributed by atoms with E-state index < -0.39 is 6.09 Å². The standard InChI is InChI=1S/C31H47FN4O4/c1-33-19-27(18-31-15-21-11-22(16-31)13-23(12-21)17-31)35-29(37)36-9-4-6-25(20-36)28(24-5-3-7-26(32)14-24)40-10-8-34-30(38)39-2/h3,5,7,14,21-23,25,27-28,33H,4,6,8-13,15-20H2,1-2H3,(H,34,38)(H,35,37)/t21?,22?,23?,25-,27+,28?,31?/m1/s1. The van der Waals surface area contributed by atoms with Gasteiger partial charge in [0.15, 0.2) is 0 Å². The van der Waals surface area contributed by atoms with Crippen LogP contribution in [0.1, 0.15) is 69.5 Å². The Morgan fingerprint density at radius 3 is 2.52 bits per heavy atom. The van der Waals surface area contributed by atoms with Crippen LogP contribution in [-0.2, 0) is 9.47 Å². The van der Waals surface area contributed by atoms with E-state index in [-0.39, 0.29) is 43.1 Å². The Balaban J connectivity index is 1.21. The van der Waals surface area contributed by atoms with E-state index in [0.29, 0.717) is 18.5 Å². The van der Waals surface area contributed by atoms with E-state index in [9.17, 15) is 14.0 Å². The third kappa shape index (κ3) is 7.08.